The number of halogens is 3. The molecule has 1 aliphatic rings. The van der Waals surface area contributed by atoms with Crippen LogP contribution in [0.1, 0.15) is 76.1 Å². The molecule has 35 heavy (non-hydrogen) atoms. The molecule has 0 aromatic heterocycles. The number of benzene rings is 2. The van der Waals surface area contributed by atoms with E-state index in [9.17, 15) is 22.8 Å². The van der Waals surface area contributed by atoms with E-state index in [4.69, 9.17) is 5.73 Å². The van der Waals surface area contributed by atoms with Crippen LogP contribution in [0, 0.1) is 13.8 Å². The molecule has 1 unspecified atom stereocenters. The number of alkyl halides is 3. The van der Waals surface area contributed by atoms with Gasteiger partial charge in [0, 0.05) is 36.9 Å². The zero-order valence-electron chi connectivity index (χ0n) is 21.8. The quantitative estimate of drug-likeness (QED) is 0.486. The fourth-order valence-electron chi connectivity index (χ4n) is 4.58. The number of fused-ring (bicyclic) bond motifs is 1. The second-order valence-electron chi connectivity index (χ2n) is 10.0. The highest BCUT2D eigenvalue weighted by atomic mass is 19.4. The van der Waals surface area contributed by atoms with Gasteiger partial charge < -0.3 is 10.6 Å². The highest BCUT2D eigenvalue weighted by Gasteiger charge is 2.40. The summed E-state index contributed by atoms with van der Waals surface area (Å²) in [6, 6.07) is 10.9. The molecule has 0 saturated heterocycles. The number of hydrogen-bond acceptors (Lipinski definition) is 2. The molecule has 2 aromatic rings. The normalized spacial score (nSPS) is 17.7. The monoisotopic (exact) mass is 490 g/mol. The Kier molecular flexibility index (Phi) is 8.79. The molecule has 1 atom stereocenters. The van der Waals surface area contributed by atoms with Crippen LogP contribution in [0.2, 0.25) is 0 Å². The number of carbonyl (C=O) groups excluding carboxylic acids is 2. The second kappa shape index (κ2) is 10.8. The Labute approximate surface area is 206 Å². The number of aryl methyl sites for hydroxylation is 3. The second-order valence-corrected chi connectivity index (χ2v) is 10.0. The molecule has 0 bridgehead atoms. The summed E-state index contributed by atoms with van der Waals surface area (Å²) in [5.41, 5.74) is 13.3. The molecule has 0 aliphatic carbocycles. The predicted molar refractivity (Wildman–Crippen MR) is 135 cm³/mol. The maximum atomic E-state index is 13.1. The smallest absolute Gasteiger partial charge is 0.370 e. The van der Waals surface area contributed by atoms with Crippen LogP contribution >= 0.6 is 0 Å². The van der Waals surface area contributed by atoms with Crippen molar-refractivity contribution in [1.82, 2.24) is 0 Å². The van der Waals surface area contributed by atoms with E-state index in [1.54, 1.807) is 0 Å². The summed E-state index contributed by atoms with van der Waals surface area (Å²) in [6.45, 7) is 13.0. The van der Waals surface area contributed by atoms with Gasteiger partial charge in [0.05, 0.1) is 0 Å². The third-order valence-corrected chi connectivity index (χ3v) is 6.61. The van der Waals surface area contributed by atoms with Crippen molar-refractivity contribution in [2.45, 2.75) is 91.8 Å². The molecule has 4 nitrogen and oxygen atoms in total. The fourth-order valence-corrected chi connectivity index (χ4v) is 4.58. The van der Waals surface area contributed by atoms with Crippen molar-refractivity contribution in [2.24, 2.45) is 5.73 Å². The molecular formula is C28H37F3N2O2. The minimum absolute atomic E-state index is 0.108. The summed E-state index contributed by atoms with van der Waals surface area (Å²) in [5.74, 6) is -0.0874. The van der Waals surface area contributed by atoms with E-state index in [0.717, 1.165) is 28.8 Å². The van der Waals surface area contributed by atoms with E-state index in [0.29, 0.717) is 19.3 Å². The highest BCUT2D eigenvalue weighted by Crippen LogP contribution is 2.46. The van der Waals surface area contributed by atoms with Gasteiger partial charge in [-0.3, -0.25) is 9.59 Å². The summed E-state index contributed by atoms with van der Waals surface area (Å²) in [5, 5.41) is 0. The van der Waals surface area contributed by atoms with Crippen molar-refractivity contribution in [3.05, 3.63) is 52.6 Å². The number of amides is 2. The number of primary amides is 1. The number of anilines is 1. The van der Waals surface area contributed by atoms with Gasteiger partial charge in [-0.25, -0.2) is 0 Å². The lowest BCUT2D eigenvalue weighted by Gasteiger charge is -2.42. The molecule has 2 amide bonds. The molecule has 0 fully saturated rings. The zero-order chi connectivity index (χ0) is 26.7. The van der Waals surface area contributed by atoms with Crippen LogP contribution < -0.4 is 10.6 Å². The first-order chi connectivity index (χ1) is 16.1. The van der Waals surface area contributed by atoms with Crippen LogP contribution in [-0.4, -0.2) is 24.0 Å². The SMILES string of the molecule is CC(F)(F)F.CCC1(C)CC(=O)N(C(C)C)c2cc(-c3cc(CCC(N)=O)ccc3C)c(C)cc21. The van der Waals surface area contributed by atoms with Gasteiger partial charge in [0.15, 0.2) is 0 Å². The van der Waals surface area contributed by atoms with Crippen molar-refractivity contribution >= 4 is 17.5 Å². The topological polar surface area (TPSA) is 63.4 Å². The molecule has 3 rings (SSSR count). The molecular weight excluding hydrogens is 453 g/mol. The van der Waals surface area contributed by atoms with Gasteiger partial charge in [-0.1, -0.05) is 38.1 Å². The summed E-state index contributed by atoms with van der Waals surface area (Å²) >= 11 is 0. The molecule has 1 aliphatic heterocycles. The Morgan fingerprint density at radius 3 is 2.20 bits per heavy atom. The van der Waals surface area contributed by atoms with Gasteiger partial charge >= 0.3 is 6.18 Å². The summed E-state index contributed by atoms with van der Waals surface area (Å²) in [4.78, 5) is 26.2. The van der Waals surface area contributed by atoms with Gasteiger partial charge in [0.2, 0.25) is 11.8 Å². The van der Waals surface area contributed by atoms with Crippen LogP contribution in [0.25, 0.3) is 11.1 Å². The lowest BCUT2D eigenvalue weighted by Crippen LogP contribution is -2.46. The van der Waals surface area contributed by atoms with Gasteiger partial charge in [-0.05, 0) is 80.0 Å². The van der Waals surface area contributed by atoms with E-state index in [1.807, 2.05) is 4.90 Å². The van der Waals surface area contributed by atoms with E-state index in [1.165, 1.54) is 16.7 Å². The van der Waals surface area contributed by atoms with Crippen LogP contribution in [0.5, 0.6) is 0 Å². The Bertz CT molecular complexity index is 1090. The van der Waals surface area contributed by atoms with Crippen LogP contribution in [0.3, 0.4) is 0 Å². The van der Waals surface area contributed by atoms with Crippen molar-refractivity contribution in [2.75, 3.05) is 4.90 Å². The molecule has 0 saturated carbocycles. The van der Waals surface area contributed by atoms with Crippen LogP contribution in [0.15, 0.2) is 30.3 Å². The van der Waals surface area contributed by atoms with Gasteiger partial charge in [-0.15, -0.1) is 0 Å². The number of hydrogen-bond donors (Lipinski definition) is 1. The lowest BCUT2D eigenvalue weighted by molar-refractivity contribution is -0.121. The maximum absolute atomic E-state index is 13.1. The predicted octanol–water partition coefficient (Wildman–Crippen LogP) is 6.77. The Morgan fingerprint density at radius 2 is 1.69 bits per heavy atom. The number of rotatable bonds is 6. The zero-order valence-corrected chi connectivity index (χ0v) is 21.8. The van der Waals surface area contributed by atoms with Gasteiger partial charge in [0.25, 0.3) is 0 Å². The minimum atomic E-state index is -4.00. The average molecular weight is 491 g/mol. The molecule has 2 N–H and O–H groups in total. The van der Waals surface area contributed by atoms with Crippen molar-refractivity contribution in [1.29, 1.82) is 0 Å². The van der Waals surface area contributed by atoms with Crippen LogP contribution in [0.4, 0.5) is 18.9 Å². The fraction of sp³-hybridized carbons (Fsp3) is 0.500. The number of carbonyl (C=O) groups is 2. The van der Waals surface area contributed by atoms with Crippen molar-refractivity contribution in [3.8, 4) is 11.1 Å². The molecule has 192 valence electrons. The first-order valence-corrected chi connectivity index (χ1v) is 12.0. The largest absolute Gasteiger partial charge is 0.386 e. The number of nitrogens with two attached hydrogens (primary N) is 1. The molecule has 0 radical (unpaired) electrons. The van der Waals surface area contributed by atoms with E-state index in [2.05, 4.69) is 71.9 Å². The van der Waals surface area contributed by atoms with Crippen molar-refractivity contribution < 1.29 is 22.8 Å². The number of nitrogens with zero attached hydrogens (tertiary/aromatic N) is 1. The Morgan fingerprint density at radius 1 is 1.11 bits per heavy atom. The average Bonchev–Trinajstić information content (AvgIpc) is 2.72. The third-order valence-electron chi connectivity index (χ3n) is 6.61. The van der Waals surface area contributed by atoms with Gasteiger partial charge in [0.1, 0.15) is 0 Å². The standard InChI is InChI=1S/C26H34N2O2.C2H3F3/c1-7-26(6)15-25(30)28(16(2)3)23-14-21(18(5)12-22(23)26)20-13-19(9-8-17(20)4)10-11-24(27)29;1-2(3,4)5/h8-9,12-14,16H,7,10-11,15H2,1-6H3,(H2,27,29);1H3. The van der Waals surface area contributed by atoms with Crippen molar-refractivity contribution in [3.63, 3.8) is 0 Å². The highest BCUT2D eigenvalue weighted by molar-refractivity contribution is 5.99. The Balaban J connectivity index is 0.000000784. The van der Waals surface area contributed by atoms with E-state index < -0.39 is 6.18 Å². The van der Waals surface area contributed by atoms with Gasteiger partial charge in [-0.2, -0.15) is 13.2 Å². The maximum Gasteiger partial charge on any atom is 0.386 e. The van der Waals surface area contributed by atoms with Crippen LogP contribution in [-0.2, 0) is 21.4 Å². The first kappa shape index (κ1) is 28.4. The summed E-state index contributed by atoms with van der Waals surface area (Å²) in [6.07, 6.45) is -1.54. The lowest BCUT2D eigenvalue weighted by atomic mass is 9.72. The Hall–Kier alpha value is -2.83. The molecule has 2 aromatic carbocycles. The summed E-state index contributed by atoms with van der Waals surface area (Å²) < 4.78 is 31.1. The summed E-state index contributed by atoms with van der Waals surface area (Å²) in [7, 11) is 0. The first-order valence-electron chi connectivity index (χ1n) is 12.0. The minimum Gasteiger partial charge on any atom is -0.370 e. The van der Waals surface area contributed by atoms with E-state index in [-0.39, 0.29) is 30.2 Å². The molecule has 0 spiro atoms. The molecule has 7 heteroatoms. The third kappa shape index (κ3) is 7.09. The van der Waals surface area contributed by atoms with E-state index >= 15 is 0 Å². The molecule has 1 heterocycles.